The van der Waals surface area contributed by atoms with Crippen LogP contribution in [0.2, 0.25) is 0 Å². The van der Waals surface area contributed by atoms with Gasteiger partial charge in [-0.05, 0) is 30.5 Å². The number of aliphatic hydroxyl groups excluding tert-OH is 1. The molecule has 0 radical (unpaired) electrons. The molecule has 1 aromatic carbocycles. The van der Waals surface area contributed by atoms with E-state index in [0.717, 1.165) is 18.4 Å². The second-order valence-electron chi connectivity index (χ2n) is 4.42. The zero-order chi connectivity index (χ0) is 15.2. The molecule has 1 aromatic rings. The van der Waals surface area contributed by atoms with Gasteiger partial charge >= 0.3 is 5.97 Å². The van der Waals surface area contributed by atoms with Gasteiger partial charge in [0.2, 0.25) is 10.0 Å². The molecule has 0 unspecified atom stereocenters. The number of benzene rings is 1. The third kappa shape index (κ3) is 4.59. The van der Waals surface area contributed by atoms with Crippen molar-refractivity contribution in [2.75, 3.05) is 6.61 Å². The summed E-state index contributed by atoms with van der Waals surface area (Å²) >= 11 is 0. The van der Waals surface area contributed by atoms with Crippen LogP contribution in [-0.4, -0.2) is 37.2 Å². The largest absolute Gasteiger partial charge is 0.480 e. The number of carboxylic acids is 1. The molecular weight excluding hydrogens is 282 g/mol. The minimum atomic E-state index is -3.90. The molecule has 0 spiro atoms. The Morgan fingerprint density at radius 1 is 1.30 bits per heavy atom. The molecule has 112 valence electrons. The van der Waals surface area contributed by atoms with E-state index in [1.54, 1.807) is 12.1 Å². The fraction of sp³-hybridized carbons (Fsp3) is 0.462. The second kappa shape index (κ2) is 7.37. The van der Waals surface area contributed by atoms with Gasteiger partial charge in [0.25, 0.3) is 0 Å². The molecule has 0 aliphatic carbocycles. The number of hydrogen-bond donors (Lipinski definition) is 3. The maximum absolute atomic E-state index is 12.0. The van der Waals surface area contributed by atoms with Crippen LogP contribution in [0.3, 0.4) is 0 Å². The maximum atomic E-state index is 12.0. The Labute approximate surface area is 118 Å². The SMILES string of the molecule is CCCc1ccc(S(=O)(=O)N[C@@H](CCO)C(=O)O)cc1. The first-order valence-corrected chi connectivity index (χ1v) is 7.84. The van der Waals surface area contributed by atoms with Crippen molar-refractivity contribution in [1.82, 2.24) is 4.72 Å². The van der Waals surface area contributed by atoms with Gasteiger partial charge in [-0.3, -0.25) is 4.79 Å². The van der Waals surface area contributed by atoms with Gasteiger partial charge in [0.15, 0.2) is 0 Å². The van der Waals surface area contributed by atoms with E-state index in [9.17, 15) is 13.2 Å². The summed E-state index contributed by atoms with van der Waals surface area (Å²) in [6.45, 7) is 1.62. The number of rotatable bonds is 8. The lowest BCUT2D eigenvalue weighted by molar-refractivity contribution is -0.139. The van der Waals surface area contributed by atoms with Crippen LogP contribution in [0.1, 0.15) is 25.3 Å². The van der Waals surface area contributed by atoms with Crippen LogP contribution in [0.15, 0.2) is 29.2 Å². The summed E-state index contributed by atoms with van der Waals surface area (Å²) in [6, 6.07) is 4.98. The quantitative estimate of drug-likeness (QED) is 0.657. The molecule has 0 bridgehead atoms. The predicted octanol–water partition coefficient (Wildman–Crippen LogP) is 0.753. The highest BCUT2D eigenvalue weighted by molar-refractivity contribution is 7.89. The number of aliphatic carboxylic acids is 1. The molecule has 1 rings (SSSR count). The number of aliphatic hydroxyl groups is 1. The number of aryl methyl sites for hydroxylation is 1. The zero-order valence-corrected chi connectivity index (χ0v) is 12.1. The first kappa shape index (κ1) is 16.6. The van der Waals surface area contributed by atoms with Crippen LogP contribution in [0.4, 0.5) is 0 Å². The zero-order valence-electron chi connectivity index (χ0n) is 11.2. The highest BCUT2D eigenvalue weighted by Crippen LogP contribution is 2.13. The van der Waals surface area contributed by atoms with Crippen molar-refractivity contribution >= 4 is 16.0 Å². The first-order chi connectivity index (χ1) is 9.40. The fourth-order valence-electron chi connectivity index (χ4n) is 1.74. The van der Waals surface area contributed by atoms with Crippen LogP contribution < -0.4 is 4.72 Å². The van der Waals surface area contributed by atoms with E-state index < -0.39 is 28.6 Å². The molecule has 0 fully saturated rings. The monoisotopic (exact) mass is 301 g/mol. The van der Waals surface area contributed by atoms with Crippen molar-refractivity contribution in [3.05, 3.63) is 29.8 Å². The van der Waals surface area contributed by atoms with Crippen molar-refractivity contribution in [3.63, 3.8) is 0 Å². The number of carboxylic acid groups (broad SMARTS) is 1. The lowest BCUT2D eigenvalue weighted by atomic mass is 10.1. The third-order valence-electron chi connectivity index (χ3n) is 2.79. The Morgan fingerprint density at radius 2 is 1.90 bits per heavy atom. The third-order valence-corrected chi connectivity index (χ3v) is 4.27. The van der Waals surface area contributed by atoms with Crippen LogP contribution in [0.5, 0.6) is 0 Å². The molecule has 1 atom stereocenters. The number of hydrogen-bond acceptors (Lipinski definition) is 4. The van der Waals surface area contributed by atoms with E-state index in [-0.39, 0.29) is 11.3 Å². The number of carbonyl (C=O) groups is 1. The summed E-state index contributed by atoms with van der Waals surface area (Å²) in [5, 5.41) is 17.6. The van der Waals surface area contributed by atoms with Crippen LogP contribution >= 0.6 is 0 Å². The van der Waals surface area contributed by atoms with Crippen molar-refractivity contribution < 1.29 is 23.4 Å². The van der Waals surface area contributed by atoms with Crippen molar-refractivity contribution in [1.29, 1.82) is 0 Å². The van der Waals surface area contributed by atoms with Gasteiger partial charge in [0.05, 0.1) is 4.90 Å². The molecule has 3 N–H and O–H groups in total. The molecule has 20 heavy (non-hydrogen) atoms. The van der Waals surface area contributed by atoms with Crippen LogP contribution in [0.25, 0.3) is 0 Å². The Hall–Kier alpha value is -1.44. The van der Waals surface area contributed by atoms with E-state index in [2.05, 4.69) is 4.72 Å². The van der Waals surface area contributed by atoms with Crippen LogP contribution in [-0.2, 0) is 21.2 Å². The predicted molar refractivity (Wildman–Crippen MR) is 73.9 cm³/mol. The normalized spacial score (nSPS) is 13.1. The van der Waals surface area contributed by atoms with Gasteiger partial charge in [0.1, 0.15) is 6.04 Å². The van der Waals surface area contributed by atoms with E-state index in [1.165, 1.54) is 12.1 Å². The van der Waals surface area contributed by atoms with E-state index in [1.807, 2.05) is 6.92 Å². The molecule has 0 aromatic heterocycles. The van der Waals surface area contributed by atoms with Gasteiger partial charge in [-0.25, -0.2) is 8.42 Å². The van der Waals surface area contributed by atoms with Crippen molar-refractivity contribution in [3.8, 4) is 0 Å². The van der Waals surface area contributed by atoms with Gasteiger partial charge in [-0.2, -0.15) is 4.72 Å². The molecule has 0 saturated heterocycles. The molecule has 0 aliphatic rings. The smallest absolute Gasteiger partial charge is 0.321 e. The Balaban J connectivity index is 2.89. The lowest BCUT2D eigenvalue weighted by Gasteiger charge is -2.13. The summed E-state index contributed by atoms with van der Waals surface area (Å²) in [7, 11) is -3.90. The van der Waals surface area contributed by atoms with E-state index >= 15 is 0 Å². The van der Waals surface area contributed by atoms with Gasteiger partial charge in [-0.15, -0.1) is 0 Å². The van der Waals surface area contributed by atoms with Gasteiger partial charge in [0, 0.05) is 6.61 Å². The lowest BCUT2D eigenvalue weighted by Crippen LogP contribution is -2.41. The Morgan fingerprint density at radius 3 is 2.35 bits per heavy atom. The van der Waals surface area contributed by atoms with Gasteiger partial charge < -0.3 is 10.2 Å². The highest BCUT2D eigenvalue weighted by atomic mass is 32.2. The number of sulfonamides is 1. The molecule has 0 amide bonds. The highest BCUT2D eigenvalue weighted by Gasteiger charge is 2.24. The van der Waals surface area contributed by atoms with E-state index in [0.29, 0.717) is 0 Å². The Kier molecular flexibility index (Phi) is 6.12. The summed E-state index contributed by atoms with van der Waals surface area (Å²) in [5.41, 5.74) is 1.02. The fourth-order valence-corrected chi connectivity index (χ4v) is 2.96. The average Bonchev–Trinajstić information content (AvgIpc) is 2.39. The van der Waals surface area contributed by atoms with Crippen LogP contribution in [0, 0.1) is 0 Å². The molecule has 0 saturated carbocycles. The van der Waals surface area contributed by atoms with Gasteiger partial charge in [-0.1, -0.05) is 25.5 Å². The summed E-state index contributed by atoms with van der Waals surface area (Å²) in [6.07, 6.45) is 1.64. The first-order valence-electron chi connectivity index (χ1n) is 6.35. The molecule has 6 nitrogen and oxygen atoms in total. The van der Waals surface area contributed by atoms with Crippen molar-refractivity contribution in [2.45, 2.75) is 37.1 Å². The minimum absolute atomic E-state index is 0.0153. The van der Waals surface area contributed by atoms with Crippen molar-refractivity contribution in [2.24, 2.45) is 0 Å². The Bertz CT molecular complexity index is 538. The average molecular weight is 301 g/mol. The molecule has 7 heteroatoms. The topological polar surface area (TPSA) is 104 Å². The molecule has 0 aliphatic heterocycles. The summed E-state index contributed by atoms with van der Waals surface area (Å²) in [5.74, 6) is -1.31. The second-order valence-corrected chi connectivity index (χ2v) is 6.13. The molecular formula is C13H19NO5S. The molecule has 0 heterocycles. The standard InChI is InChI=1S/C13H19NO5S/c1-2-3-10-4-6-11(7-5-10)20(18,19)14-12(8-9-15)13(16)17/h4-7,12,14-15H,2-3,8-9H2,1H3,(H,16,17)/t12-/m0/s1. The maximum Gasteiger partial charge on any atom is 0.321 e. The van der Waals surface area contributed by atoms with E-state index in [4.69, 9.17) is 10.2 Å². The number of nitrogens with one attached hydrogen (secondary N) is 1. The minimum Gasteiger partial charge on any atom is -0.480 e. The summed E-state index contributed by atoms with van der Waals surface area (Å²) < 4.78 is 26.1. The summed E-state index contributed by atoms with van der Waals surface area (Å²) in [4.78, 5) is 10.9.